The van der Waals surface area contributed by atoms with Gasteiger partial charge in [0.05, 0.1) is 0 Å². The summed E-state index contributed by atoms with van der Waals surface area (Å²) in [5, 5.41) is 0. The molecule has 0 aromatic heterocycles. The van der Waals surface area contributed by atoms with Gasteiger partial charge in [0, 0.05) is 6.04 Å². The molecule has 2 rings (SSSR count). The van der Waals surface area contributed by atoms with E-state index in [1.807, 2.05) is 13.0 Å². The van der Waals surface area contributed by atoms with Gasteiger partial charge in [-0.15, -0.1) is 0 Å². The van der Waals surface area contributed by atoms with Crippen molar-refractivity contribution in [2.45, 2.75) is 32.4 Å². The van der Waals surface area contributed by atoms with Crippen LogP contribution in [0.2, 0.25) is 0 Å². The molecule has 0 saturated carbocycles. The van der Waals surface area contributed by atoms with Gasteiger partial charge < -0.3 is 10.5 Å². The monoisotopic (exact) mass is 291 g/mol. The zero-order valence-electron chi connectivity index (χ0n) is 12.0. The third-order valence-electron chi connectivity index (χ3n) is 3.35. The second-order valence-electron chi connectivity index (χ2n) is 5.02. The smallest absolute Gasteiger partial charge is 0.165 e. The second kappa shape index (κ2) is 7.18. The zero-order valence-corrected chi connectivity index (χ0v) is 12.0. The van der Waals surface area contributed by atoms with E-state index in [9.17, 15) is 8.78 Å². The van der Waals surface area contributed by atoms with E-state index in [1.165, 1.54) is 18.2 Å². The van der Waals surface area contributed by atoms with Crippen molar-refractivity contribution in [1.82, 2.24) is 0 Å². The first-order chi connectivity index (χ1) is 10.1. The summed E-state index contributed by atoms with van der Waals surface area (Å²) < 4.78 is 32.4. The molecular weight excluding hydrogens is 272 g/mol. The Morgan fingerprint density at radius 2 is 1.81 bits per heavy atom. The van der Waals surface area contributed by atoms with Crippen LogP contribution in [-0.4, -0.2) is 6.04 Å². The van der Waals surface area contributed by atoms with Crippen LogP contribution in [0.5, 0.6) is 5.75 Å². The van der Waals surface area contributed by atoms with Crippen molar-refractivity contribution in [1.29, 1.82) is 0 Å². The first-order valence-electron chi connectivity index (χ1n) is 7.00. The first kappa shape index (κ1) is 15.4. The minimum Gasteiger partial charge on any atom is -0.486 e. The summed E-state index contributed by atoms with van der Waals surface area (Å²) in [6.45, 7) is 2.18. The minimum absolute atomic E-state index is 0.0278. The lowest BCUT2D eigenvalue weighted by molar-refractivity contribution is 0.286. The van der Waals surface area contributed by atoms with Crippen LogP contribution in [0.3, 0.4) is 0 Å². The fourth-order valence-electron chi connectivity index (χ4n) is 2.04. The molecule has 0 radical (unpaired) electrons. The van der Waals surface area contributed by atoms with E-state index in [0.717, 1.165) is 17.5 Å². The summed E-state index contributed by atoms with van der Waals surface area (Å²) in [6, 6.07) is 10.8. The van der Waals surface area contributed by atoms with Crippen LogP contribution >= 0.6 is 0 Å². The number of rotatable bonds is 6. The van der Waals surface area contributed by atoms with Crippen molar-refractivity contribution in [3.8, 4) is 5.75 Å². The van der Waals surface area contributed by atoms with Crippen LogP contribution in [0.25, 0.3) is 0 Å². The normalized spacial score (nSPS) is 12.2. The molecule has 0 fully saturated rings. The molecule has 21 heavy (non-hydrogen) atoms. The highest BCUT2D eigenvalue weighted by Crippen LogP contribution is 2.25. The fourth-order valence-corrected chi connectivity index (χ4v) is 2.04. The molecule has 2 aromatic rings. The molecule has 0 aliphatic rings. The van der Waals surface area contributed by atoms with Gasteiger partial charge in [0.2, 0.25) is 0 Å². The summed E-state index contributed by atoms with van der Waals surface area (Å²) in [4.78, 5) is 0. The number of ether oxygens (including phenoxy) is 1. The summed E-state index contributed by atoms with van der Waals surface area (Å²) >= 11 is 0. The Hall–Kier alpha value is -1.94. The lowest BCUT2D eigenvalue weighted by Gasteiger charge is -2.15. The number of para-hydroxylation sites is 1. The van der Waals surface area contributed by atoms with Gasteiger partial charge in [-0.3, -0.25) is 0 Å². The zero-order chi connectivity index (χ0) is 15.2. The van der Waals surface area contributed by atoms with Crippen molar-refractivity contribution in [2.24, 2.45) is 5.73 Å². The highest BCUT2D eigenvalue weighted by atomic mass is 19.1. The fraction of sp³-hybridized carbons (Fsp3) is 0.294. The molecule has 0 heterocycles. The SMILES string of the molecule is CCC(N)Cc1cccc(F)c1OCc1ccc(F)cc1. The van der Waals surface area contributed by atoms with Crippen molar-refractivity contribution < 1.29 is 13.5 Å². The molecule has 0 aliphatic heterocycles. The predicted octanol–water partition coefficient (Wildman–Crippen LogP) is 3.82. The van der Waals surface area contributed by atoms with Gasteiger partial charge in [-0.2, -0.15) is 0 Å². The maximum Gasteiger partial charge on any atom is 0.165 e. The highest BCUT2D eigenvalue weighted by Gasteiger charge is 2.12. The maximum absolute atomic E-state index is 13.9. The van der Waals surface area contributed by atoms with Gasteiger partial charge in [-0.05, 0) is 42.2 Å². The second-order valence-corrected chi connectivity index (χ2v) is 5.02. The van der Waals surface area contributed by atoms with Crippen molar-refractivity contribution in [2.75, 3.05) is 0 Å². The Morgan fingerprint density at radius 1 is 1.10 bits per heavy atom. The molecule has 2 N–H and O–H groups in total. The number of nitrogens with two attached hydrogens (primary N) is 1. The molecule has 0 amide bonds. The van der Waals surface area contributed by atoms with Gasteiger partial charge in [0.1, 0.15) is 12.4 Å². The van der Waals surface area contributed by atoms with Crippen LogP contribution in [-0.2, 0) is 13.0 Å². The Balaban J connectivity index is 2.12. The Labute approximate surface area is 123 Å². The largest absolute Gasteiger partial charge is 0.486 e. The first-order valence-corrected chi connectivity index (χ1v) is 7.00. The summed E-state index contributed by atoms with van der Waals surface area (Å²) in [7, 11) is 0. The Kier molecular flexibility index (Phi) is 5.28. The van der Waals surface area contributed by atoms with Gasteiger partial charge in [-0.1, -0.05) is 31.2 Å². The Bertz CT molecular complexity index is 584. The van der Waals surface area contributed by atoms with Crippen LogP contribution < -0.4 is 10.5 Å². The quantitative estimate of drug-likeness (QED) is 0.878. The standard InChI is InChI=1S/C17H19F2NO/c1-2-15(20)10-13-4-3-5-16(19)17(13)21-11-12-6-8-14(18)9-7-12/h3-9,15H,2,10-11,20H2,1H3. The van der Waals surface area contributed by atoms with Crippen LogP contribution in [0.15, 0.2) is 42.5 Å². The van der Waals surface area contributed by atoms with E-state index in [-0.39, 0.29) is 24.2 Å². The van der Waals surface area contributed by atoms with E-state index < -0.39 is 5.82 Å². The third kappa shape index (κ3) is 4.26. The number of halogens is 2. The summed E-state index contributed by atoms with van der Waals surface area (Å²) in [5.41, 5.74) is 7.47. The number of benzene rings is 2. The lowest BCUT2D eigenvalue weighted by Crippen LogP contribution is -2.22. The molecule has 1 unspecified atom stereocenters. The van der Waals surface area contributed by atoms with Gasteiger partial charge >= 0.3 is 0 Å². The van der Waals surface area contributed by atoms with E-state index in [4.69, 9.17) is 10.5 Å². The average Bonchev–Trinajstić information content (AvgIpc) is 2.48. The topological polar surface area (TPSA) is 35.2 Å². The van der Waals surface area contributed by atoms with E-state index >= 15 is 0 Å². The van der Waals surface area contributed by atoms with Gasteiger partial charge in [0.25, 0.3) is 0 Å². The molecule has 112 valence electrons. The van der Waals surface area contributed by atoms with Crippen LogP contribution in [0, 0.1) is 11.6 Å². The maximum atomic E-state index is 13.9. The molecular formula is C17H19F2NO. The Morgan fingerprint density at radius 3 is 2.48 bits per heavy atom. The summed E-state index contributed by atoms with van der Waals surface area (Å²) in [5.74, 6) is -0.483. The average molecular weight is 291 g/mol. The molecule has 0 bridgehead atoms. The van der Waals surface area contributed by atoms with E-state index in [2.05, 4.69) is 0 Å². The molecule has 0 saturated heterocycles. The van der Waals surface area contributed by atoms with Crippen molar-refractivity contribution in [3.05, 3.63) is 65.2 Å². The predicted molar refractivity (Wildman–Crippen MR) is 79.1 cm³/mol. The molecule has 2 nitrogen and oxygen atoms in total. The van der Waals surface area contributed by atoms with E-state index in [0.29, 0.717) is 6.42 Å². The molecule has 2 aromatic carbocycles. The van der Waals surface area contributed by atoms with Crippen molar-refractivity contribution in [3.63, 3.8) is 0 Å². The van der Waals surface area contributed by atoms with Gasteiger partial charge in [-0.25, -0.2) is 8.78 Å². The van der Waals surface area contributed by atoms with Gasteiger partial charge in [0.15, 0.2) is 11.6 Å². The number of hydrogen-bond donors (Lipinski definition) is 1. The molecule has 0 aliphatic carbocycles. The van der Waals surface area contributed by atoms with Crippen molar-refractivity contribution >= 4 is 0 Å². The lowest BCUT2D eigenvalue weighted by atomic mass is 10.0. The molecule has 1 atom stereocenters. The third-order valence-corrected chi connectivity index (χ3v) is 3.35. The minimum atomic E-state index is -0.405. The molecule has 4 heteroatoms. The highest BCUT2D eigenvalue weighted by molar-refractivity contribution is 5.36. The van der Waals surface area contributed by atoms with Crippen LogP contribution in [0.4, 0.5) is 8.78 Å². The van der Waals surface area contributed by atoms with Crippen LogP contribution in [0.1, 0.15) is 24.5 Å². The number of hydrogen-bond acceptors (Lipinski definition) is 2. The van der Waals surface area contributed by atoms with E-state index in [1.54, 1.807) is 18.2 Å². The summed E-state index contributed by atoms with van der Waals surface area (Å²) in [6.07, 6.45) is 1.38. The molecule has 0 spiro atoms.